The van der Waals surface area contributed by atoms with Crippen LogP contribution in [0.2, 0.25) is 0 Å². The van der Waals surface area contributed by atoms with E-state index in [1.165, 1.54) is 11.3 Å². The Hall–Kier alpha value is -3.85. The van der Waals surface area contributed by atoms with Crippen molar-refractivity contribution in [1.82, 2.24) is 4.57 Å². The molecule has 1 aliphatic rings. The maximum atomic E-state index is 13.6. The van der Waals surface area contributed by atoms with Gasteiger partial charge in [-0.2, -0.15) is 0 Å². The number of esters is 1. The minimum Gasteiger partial charge on any atom is -0.490 e. The van der Waals surface area contributed by atoms with Gasteiger partial charge in [-0.3, -0.25) is 9.36 Å². The van der Waals surface area contributed by atoms with Crippen molar-refractivity contribution >= 4 is 29.3 Å². The molecule has 35 heavy (non-hydrogen) atoms. The van der Waals surface area contributed by atoms with Crippen LogP contribution in [0.5, 0.6) is 5.75 Å². The molecule has 0 spiro atoms. The Morgan fingerprint density at radius 2 is 2.00 bits per heavy atom. The van der Waals surface area contributed by atoms with Crippen molar-refractivity contribution in [3.05, 3.63) is 91.3 Å². The third kappa shape index (κ3) is 4.85. The molecule has 0 bridgehead atoms. The summed E-state index contributed by atoms with van der Waals surface area (Å²) in [5.41, 5.74) is 1.33. The average molecular weight is 494 g/mol. The number of hydrogen-bond acceptors (Lipinski definition) is 8. The number of ether oxygens (including phenoxy) is 2. The van der Waals surface area contributed by atoms with E-state index in [1.54, 1.807) is 42.7 Å². The van der Waals surface area contributed by atoms with Gasteiger partial charge in [0.15, 0.2) is 10.7 Å². The largest absolute Gasteiger partial charge is 0.490 e. The second-order valence-corrected chi connectivity index (χ2v) is 9.05. The number of allylic oxidation sites excluding steroid dienone is 1. The molecule has 1 unspecified atom stereocenters. The Bertz CT molecular complexity index is 1460. The van der Waals surface area contributed by atoms with Crippen LogP contribution >= 0.6 is 11.3 Å². The first-order valence-corrected chi connectivity index (χ1v) is 12.0. The number of carbonyl (C=O) groups is 1. The monoisotopic (exact) mass is 493 g/mol. The van der Waals surface area contributed by atoms with Gasteiger partial charge in [-0.05, 0) is 37.6 Å². The van der Waals surface area contributed by atoms with E-state index < -0.39 is 12.0 Å². The summed E-state index contributed by atoms with van der Waals surface area (Å²) in [4.78, 5) is 33.5. The van der Waals surface area contributed by atoms with E-state index in [0.29, 0.717) is 44.6 Å². The number of rotatable bonds is 8. The van der Waals surface area contributed by atoms with Crippen molar-refractivity contribution in [3.8, 4) is 5.75 Å². The summed E-state index contributed by atoms with van der Waals surface area (Å²) < 4.78 is 18.7. The van der Waals surface area contributed by atoms with E-state index in [9.17, 15) is 9.59 Å². The lowest BCUT2D eigenvalue weighted by atomic mass is 9.96. The number of hydrogen-bond donors (Lipinski definition) is 0. The quantitative estimate of drug-likeness (QED) is 0.354. The van der Waals surface area contributed by atoms with Gasteiger partial charge in [-0.1, -0.05) is 36.1 Å². The van der Waals surface area contributed by atoms with Gasteiger partial charge < -0.3 is 18.8 Å². The molecule has 4 rings (SSSR count). The highest BCUT2D eigenvalue weighted by Gasteiger charge is 2.33. The normalized spacial score (nSPS) is 15.4. The van der Waals surface area contributed by atoms with Gasteiger partial charge in [0, 0.05) is 26.2 Å². The van der Waals surface area contributed by atoms with Crippen LogP contribution in [-0.4, -0.2) is 37.8 Å². The lowest BCUT2D eigenvalue weighted by Crippen LogP contribution is -2.39. The minimum absolute atomic E-state index is 0.216. The minimum atomic E-state index is -0.685. The zero-order valence-corrected chi connectivity index (χ0v) is 20.9. The summed E-state index contributed by atoms with van der Waals surface area (Å²) in [6.07, 6.45) is 3.36. The van der Waals surface area contributed by atoms with Gasteiger partial charge in [0.05, 0.1) is 28.5 Å². The first-order chi connectivity index (χ1) is 16.8. The molecule has 1 atom stereocenters. The van der Waals surface area contributed by atoms with Crippen molar-refractivity contribution in [2.75, 3.05) is 32.2 Å². The molecule has 3 aromatic rings. The summed E-state index contributed by atoms with van der Waals surface area (Å²) in [6.45, 7) is 7.76. The highest BCUT2D eigenvalue weighted by Crippen LogP contribution is 2.31. The van der Waals surface area contributed by atoms with Crippen LogP contribution in [0.1, 0.15) is 31.2 Å². The van der Waals surface area contributed by atoms with Gasteiger partial charge >= 0.3 is 5.97 Å². The molecule has 9 heteroatoms. The number of thiazole rings is 1. The third-order valence-electron chi connectivity index (χ3n) is 5.41. The van der Waals surface area contributed by atoms with Crippen molar-refractivity contribution in [2.24, 2.45) is 4.99 Å². The first kappa shape index (κ1) is 24.3. The number of anilines is 1. The van der Waals surface area contributed by atoms with Crippen molar-refractivity contribution in [2.45, 2.75) is 19.9 Å². The van der Waals surface area contributed by atoms with Gasteiger partial charge in [0.2, 0.25) is 0 Å². The number of nitrogens with zero attached hydrogens (tertiary/aromatic N) is 3. The molecule has 0 saturated carbocycles. The molecule has 1 aliphatic heterocycles. The standard InChI is InChI=1S/C26H27N3O5S/c1-6-14-33-18-10-8-17(9-11-18)23-22(25(31)32-7-2)16(3)27-26-29(23)24(30)20(35-26)15-19-12-13-21(34-19)28(4)5/h6,8-13,15,23H,1,7,14H2,2-5H3/b20-15-. The summed E-state index contributed by atoms with van der Waals surface area (Å²) in [5, 5.41) is 0. The fourth-order valence-electron chi connectivity index (χ4n) is 3.80. The third-order valence-corrected chi connectivity index (χ3v) is 6.39. The number of carbonyl (C=O) groups excluding carboxylic acids is 1. The zero-order chi connectivity index (χ0) is 25.1. The van der Waals surface area contributed by atoms with Crippen LogP contribution in [-0.2, 0) is 9.53 Å². The molecule has 0 amide bonds. The number of furan rings is 1. The Morgan fingerprint density at radius 1 is 1.26 bits per heavy atom. The summed E-state index contributed by atoms with van der Waals surface area (Å²) >= 11 is 1.25. The molecule has 0 saturated heterocycles. The molecule has 1 aromatic carbocycles. The van der Waals surface area contributed by atoms with Gasteiger partial charge in [-0.25, -0.2) is 9.79 Å². The van der Waals surface area contributed by atoms with Crippen molar-refractivity contribution < 1.29 is 18.7 Å². The molecule has 0 radical (unpaired) electrons. The van der Waals surface area contributed by atoms with E-state index in [-0.39, 0.29) is 12.2 Å². The van der Waals surface area contributed by atoms with Crippen LogP contribution in [0.3, 0.4) is 0 Å². The Kier molecular flexibility index (Phi) is 7.07. The second-order valence-electron chi connectivity index (χ2n) is 8.04. The highest BCUT2D eigenvalue weighted by atomic mass is 32.1. The Morgan fingerprint density at radius 3 is 2.63 bits per heavy atom. The van der Waals surface area contributed by atoms with E-state index in [1.807, 2.05) is 43.3 Å². The van der Waals surface area contributed by atoms with Gasteiger partial charge in [0.25, 0.3) is 5.56 Å². The summed E-state index contributed by atoms with van der Waals surface area (Å²) in [5.74, 6) is 1.40. The fourth-order valence-corrected chi connectivity index (χ4v) is 4.82. The highest BCUT2D eigenvalue weighted by molar-refractivity contribution is 7.07. The molecule has 182 valence electrons. The molecule has 0 aliphatic carbocycles. The number of benzene rings is 1. The molecule has 0 N–H and O–H groups in total. The lowest BCUT2D eigenvalue weighted by molar-refractivity contribution is -0.139. The average Bonchev–Trinajstić information content (AvgIpc) is 3.42. The van der Waals surface area contributed by atoms with E-state index >= 15 is 0 Å². The summed E-state index contributed by atoms with van der Waals surface area (Å²) in [6, 6.07) is 10.3. The van der Waals surface area contributed by atoms with Gasteiger partial charge in [-0.15, -0.1) is 0 Å². The Labute approximate surface area is 206 Å². The maximum Gasteiger partial charge on any atom is 0.338 e. The molecule has 2 aromatic heterocycles. The van der Waals surface area contributed by atoms with E-state index in [2.05, 4.69) is 11.6 Å². The van der Waals surface area contributed by atoms with E-state index in [4.69, 9.17) is 13.9 Å². The molecule has 0 fully saturated rings. The first-order valence-electron chi connectivity index (χ1n) is 11.1. The van der Waals surface area contributed by atoms with Crippen LogP contribution < -0.4 is 24.5 Å². The fraction of sp³-hybridized carbons (Fsp3) is 0.269. The number of aromatic nitrogens is 1. The van der Waals surface area contributed by atoms with Gasteiger partial charge in [0.1, 0.15) is 18.1 Å². The number of fused-ring (bicyclic) bond motifs is 1. The SMILES string of the molecule is C=CCOc1ccc(C2C(C(=O)OCC)=C(C)N=c3s/c(=C\c4ccc(N(C)C)o4)c(=O)n32)cc1. The van der Waals surface area contributed by atoms with Crippen LogP contribution in [0.25, 0.3) is 6.08 Å². The van der Waals surface area contributed by atoms with Crippen molar-refractivity contribution in [1.29, 1.82) is 0 Å². The molecule has 8 nitrogen and oxygen atoms in total. The molecular formula is C26H27N3O5S. The smallest absolute Gasteiger partial charge is 0.338 e. The van der Waals surface area contributed by atoms with Crippen molar-refractivity contribution in [3.63, 3.8) is 0 Å². The van der Waals surface area contributed by atoms with Crippen LogP contribution in [0.15, 0.2) is 74.5 Å². The predicted molar refractivity (Wildman–Crippen MR) is 136 cm³/mol. The lowest BCUT2D eigenvalue weighted by Gasteiger charge is -2.24. The maximum absolute atomic E-state index is 13.6. The summed E-state index contributed by atoms with van der Waals surface area (Å²) in [7, 11) is 3.76. The second kappa shape index (κ2) is 10.2. The predicted octanol–water partition coefficient (Wildman–Crippen LogP) is 3.02. The Balaban J connectivity index is 1.86. The zero-order valence-electron chi connectivity index (χ0n) is 20.1. The molecular weight excluding hydrogens is 466 g/mol. The topological polar surface area (TPSA) is 86.3 Å². The van der Waals surface area contributed by atoms with Crippen LogP contribution in [0.4, 0.5) is 5.88 Å². The van der Waals surface area contributed by atoms with E-state index in [0.717, 1.165) is 5.56 Å². The van der Waals surface area contributed by atoms with Crippen LogP contribution in [0, 0.1) is 0 Å². The molecule has 3 heterocycles.